The molecule has 7 N–H and O–H groups in total. The van der Waals surface area contributed by atoms with Crippen molar-refractivity contribution >= 4 is 17.6 Å². The number of nitrogens with zero attached hydrogens (tertiary/aromatic N) is 2. The van der Waals surface area contributed by atoms with E-state index in [0.29, 0.717) is 103 Å². The van der Waals surface area contributed by atoms with Gasteiger partial charge in [-0.25, -0.2) is 0 Å². The predicted octanol–water partition coefficient (Wildman–Crippen LogP) is 0.612. The van der Waals surface area contributed by atoms with Crippen LogP contribution in [0, 0.1) is 5.92 Å². The van der Waals surface area contributed by atoms with Gasteiger partial charge in [0.25, 0.3) is 0 Å². The highest BCUT2D eigenvalue weighted by Crippen LogP contribution is 2.19. The van der Waals surface area contributed by atoms with Crippen LogP contribution in [-0.4, -0.2) is 214 Å². The van der Waals surface area contributed by atoms with Crippen LogP contribution in [0.2, 0.25) is 12.1 Å². The van der Waals surface area contributed by atoms with Gasteiger partial charge in [-0.05, 0) is 39.5 Å². The normalized spacial score (nSPS) is 15.2. The number of hydrogen-bond acceptors (Lipinski definition) is 17. The van der Waals surface area contributed by atoms with Crippen molar-refractivity contribution in [2.45, 2.75) is 89.9 Å². The fourth-order valence-electron chi connectivity index (χ4n) is 5.65. The first-order valence-electron chi connectivity index (χ1n) is 20.5. The summed E-state index contributed by atoms with van der Waals surface area (Å²) in [5, 5.41) is 39.3. The summed E-state index contributed by atoms with van der Waals surface area (Å²) in [5.41, 5.74) is 5.29. The molecular weight excluding hydrogens is 763 g/mol. The molecular formula is C37H85N5O12Si2. The van der Waals surface area contributed by atoms with Crippen molar-refractivity contribution in [2.24, 2.45) is 11.7 Å². The second-order valence-electron chi connectivity index (χ2n) is 15.3. The zero-order valence-corrected chi connectivity index (χ0v) is 38.9. The standard InChI is InChI=1S/C37H85N5O12Si2/c1-11-33(2)29-54-56(49-9,50-10)25-13-23-52-30-34(43)26-41(19-16-39-15-14-38)20-17-40-18-21-42(28-36(45)32-53-37(3,4)5)27-35(44)31-51-22-12-24-55(46-6,47-7)48-8/h33-36,39-40,43-45H,11-32,38H2,1-10H3. The van der Waals surface area contributed by atoms with E-state index in [9.17, 15) is 15.3 Å². The van der Waals surface area contributed by atoms with Crippen molar-refractivity contribution in [3.63, 3.8) is 0 Å². The van der Waals surface area contributed by atoms with Gasteiger partial charge in [-0.2, -0.15) is 0 Å². The van der Waals surface area contributed by atoms with Crippen LogP contribution in [0.3, 0.4) is 0 Å². The summed E-state index contributed by atoms with van der Waals surface area (Å²) in [7, 11) is 2.62. The largest absolute Gasteiger partial charge is 0.500 e. The maximum absolute atomic E-state index is 10.9. The summed E-state index contributed by atoms with van der Waals surface area (Å²) < 4.78 is 51.3. The van der Waals surface area contributed by atoms with Crippen LogP contribution in [0.5, 0.6) is 0 Å². The molecule has 0 amide bonds. The molecule has 338 valence electrons. The van der Waals surface area contributed by atoms with E-state index in [1.165, 1.54) is 0 Å². The Morgan fingerprint density at radius 3 is 1.50 bits per heavy atom. The maximum Gasteiger partial charge on any atom is 0.500 e. The fraction of sp³-hybridized carbons (Fsp3) is 1.00. The highest BCUT2D eigenvalue weighted by molar-refractivity contribution is 6.60. The fourth-order valence-corrected chi connectivity index (χ4v) is 9.41. The van der Waals surface area contributed by atoms with Crippen LogP contribution in [0.1, 0.15) is 53.9 Å². The molecule has 4 unspecified atom stereocenters. The summed E-state index contributed by atoms with van der Waals surface area (Å²) in [5.74, 6) is 0.430. The SMILES string of the molecule is CCC(C)CO[Si](CCCOCC(O)CN(CCNCCN)CCNCCN(CC(O)COCCC[Si](OC)(OC)OC)CC(O)COC(C)(C)C)(OC)OC. The Hall–Kier alpha value is -0.246. The van der Waals surface area contributed by atoms with Gasteiger partial charge in [-0.3, -0.25) is 9.80 Å². The lowest BCUT2D eigenvalue weighted by Gasteiger charge is -2.29. The quantitative estimate of drug-likeness (QED) is 0.0370. The van der Waals surface area contributed by atoms with Crippen LogP contribution in [-0.2, 0) is 40.8 Å². The van der Waals surface area contributed by atoms with Gasteiger partial charge < -0.3 is 72.5 Å². The van der Waals surface area contributed by atoms with E-state index >= 15 is 0 Å². The molecule has 0 aliphatic heterocycles. The summed E-state index contributed by atoms with van der Waals surface area (Å²) in [6.45, 7) is 18.8. The van der Waals surface area contributed by atoms with Gasteiger partial charge in [0.1, 0.15) is 0 Å². The number of aliphatic hydroxyl groups excluding tert-OH is 3. The lowest BCUT2D eigenvalue weighted by molar-refractivity contribution is -0.0601. The smallest absolute Gasteiger partial charge is 0.389 e. The van der Waals surface area contributed by atoms with Crippen LogP contribution in [0.25, 0.3) is 0 Å². The highest BCUT2D eigenvalue weighted by atomic mass is 28.4. The zero-order valence-electron chi connectivity index (χ0n) is 36.9. The van der Waals surface area contributed by atoms with E-state index < -0.39 is 35.9 Å². The number of hydrogen-bond donors (Lipinski definition) is 6. The Morgan fingerprint density at radius 1 is 0.625 bits per heavy atom. The van der Waals surface area contributed by atoms with E-state index in [4.69, 9.17) is 46.5 Å². The molecule has 0 saturated heterocycles. The van der Waals surface area contributed by atoms with Crippen molar-refractivity contribution in [1.29, 1.82) is 0 Å². The van der Waals surface area contributed by atoms with Gasteiger partial charge in [0.05, 0.1) is 43.7 Å². The second kappa shape index (κ2) is 33.5. The monoisotopic (exact) mass is 848 g/mol. The highest BCUT2D eigenvalue weighted by Gasteiger charge is 2.39. The van der Waals surface area contributed by atoms with E-state index in [0.717, 1.165) is 26.1 Å². The van der Waals surface area contributed by atoms with Gasteiger partial charge in [0.15, 0.2) is 0 Å². The molecule has 17 nitrogen and oxygen atoms in total. The average Bonchev–Trinajstić information content (AvgIpc) is 3.17. The van der Waals surface area contributed by atoms with Crippen molar-refractivity contribution in [1.82, 2.24) is 20.4 Å². The second-order valence-corrected chi connectivity index (χ2v) is 21.4. The Labute approximate surface area is 342 Å². The first-order valence-corrected chi connectivity index (χ1v) is 24.3. The molecule has 0 bridgehead atoms. The Morgan fingerprint density at radius 2 is 1.05 bits per heavy atom. The van der Waals surface area contributed by atoms with Crippen molar-refractivity contribution in [3.05, 3.63) is 0 Å². The minimum absolute atomic E-state index is 0.162. The van der Waals surface area contributed by atoms with Crippen LogP contribution in [0.15, 0.2) is 0 Å². The lowest BCUT2D eigenvalue weighted by atomic mass is 10.1. The van der Waals surface area contributed by atoms with Crippen molar-refractivity contribution < 1.29 is 56.1 Å². The third kappa shape index (κ3) is 28.3. The molecule has 56 heavy (non-hydrogen) atoms. The lowest BCUT2D eigenvalue weighted by Crippen LogP contribution is -2.46. The summed E-state index contributed by atoms with van der Waals surface area (Å²) >= 11 is 0. The van der Waals surface area contributed by atoms with Gasteiger partial charge in [-0.15, -0.1) is 0 Å². The first-order chi connectivity index (χ1) is 26.7. The van der Waals surface area contributed by atoms with Gasteiger partial charge >= 0.3 is 17.6 Å². The van der Waals surface area contributed by atoms with Crippen molar-refractivity contribution in [3.8, 4) is 0 Å². The van der Waals surface area contributed by atoms with Gasteiger partial charge in [0.2, 0.25) is 0 Å². The van der Waals surface area contributed by atoms with Gasteiger partial charge in [-0.1, -0.05) is 20.3 Å². The molecule has 4 atom stereocenters. The predicted molar refractivity (Wildman–Crippen MR) is 224 cm³/mol. The number of nitrogens with one attached hydrogen (secondary N) is 2. The van der Waals surface area contributed by atoms with E-state index in [2.05, 4.69) is 29.4 Å². The molecule has 0 aromatic rings. The molecule has 0 heterocycles. The third-order valence-corrected chi connectivity index (χ3v) is 14.9. The molecule has 0 radical (unpaired) electrons. The molecule has 0 fully saturated rings. The summed E-state index contributed by atoms with van der Waals surface area (Å²) in [6.07, 6.45) is 0.297. The maximum atomic E-state index is 10.9. The molecule has 19 heteroatoms. The zero-order chi connectivity index (χ0) is 42.3. The van der Waals surface area contributed by atoms with Crippen molar-refractivity contribution in [2.75, 3.05) is 147 Å². The molecule has 0 aromatic heterocycles. The number of ether oxygens (including phenoxy) is 3. The molecule has 0 spiro atoms. The van der Waals surface area contributed by atoms with Gasteiger partial charge in [0, 0.05) is 139 Å². The molecule has 0 rings (SSSR count). The summed E-state index contributed by atoms with van der Waals surface area (Å²) in [6, 6.07) is 1.26. The first kappa shape index (κ1) is 55.8. The van der Waals surface area contributed by atoms with E-state index in [1.54, 1.807) is 35.5 Å². The van der Waals surface area contributed by atoms with Crippen LogP contribution in [0.4, 0.5) is 0 Å². The molecule has 0 saturated carbocycles. The van der Waals surface area contributed by atoms with E-state index in [1.807, 2.05) is 25.7 Å². The third-order valence-electron chi connectivity index (χ3n) is 9.25. The average molecular weight is 848 g/mol. The minimum atomic E-state index is -2.74. The number of rotatable bonds is 40. The topological polar surface area (TPSA) is 200 Å². The number of nitrogens with two attached hydrogens (primary N) is 1. The number of aliphatic hydroxyl groups is 3. The Kier molecular flexibility index (Phi) is 33.3. The van der Waals surface area contributed by atoms with Crippen LogP contribution >= 0.6 is 0 Å². The Balaban J connectivity index is 4.99. The van der Waals surface area contributed by atoms with E-state index in [-0.39, 0.29) is 25.4 Å². The van der Waals surface area contributed by atoms with Crippen LogP contribution < -0.4 is 16.4 Å². The Bertz CT molecular complexity index is 889. The summed E-state index contributed by atoms with van der Waals surface area (Å²) in [4.78, 5) is 4.22. The minimum Gasteiger partial charge on any atom is -0.389 e. The molecule has 0 aliphatic rings. The molecule has 0 aromatic carbocycles. The molecule has 0 aliphatic carbocycles.